The molecule has 1 aromatic carbocycles. The van der Waals surface area contributed by atoms with E-state index in [0.29, 0.717) is 31.9 Å². The molecule has 0 N–H and O–H groups in total. The maximum absolute atomic E-state index is 13.4. The van der Waals surface area contributed by atoms with Gasteiger partial charge in [-0.3, -0.25) is 14.3 Å². The molecule has 0 bridgehead atoms. The molecule has 188 valence electrons. The number of anilines is 1. The van der Waals surface area contributed by atoms with E-state index in [1.54, 1.807) is 0 Å². The number of carbonyl (C=O) groups is 2. The van der Waals surface area contributed by atoms with Crippen molar-refractivity contribution in [3.8, 4) is 0 Å². The molecule has 0 radical (unpaired) electrons. The molecule has 2 amide bonds. The van der Waals surface area contributed by atoms with Crippen LogP contribution in [0.3, 0.4) is 0 Å². The predicted octanol–water partition coefficient (Wildman–Crippen LogP) is 2.53. The maximum atomic E-state index is 13.4. The Bertz CT molecular complexity index is 1080. The molecule has 5 rings (SSSR count). The summed E-state index contributed by atoms with van der Waals surface area (Å²) >= 11 is 0. The summed E-state index contributed by atoms with van der Waals surface area (Å²) in [6, 6.07) is 8.53. The number of hydrogen-bond donors (Lipinski definition) is 0. The van der Waals surface area contributed by atoms with Gasteiger partial charge in [0.15, 0.2) is 5.69 Å². The molecule has 2 aliphatic heterocycles. The SMILES string of the molecule is CCc1ccccc1N1CCN(C(=O)Cn2nc(C(=O)N3C[C@@H](C)O[C@@H](C)C3)c3c2CCC3)CC1. The van der Waals surface area contributed by atoms with Crippen molar-refractivity contribution in [3.63, 3.8) is 0 Å². The van der Waals surface area contributed by atoms with Gasteiger partial charge in [-0.2, -0.15) is 5.10 Å². The van der Waals surface area contributed by atoms with Gasteiger partial charge in [0.1, 0.15) is 6.54 Å². The summed E-state index contributed by atoms with van der Waals surface area (Å²) in [7, 11) is 0. The zero-order chi connectivity index (χ0) is 24.5. The van der Waals surface area contributed by atoms with Gasteiger partial charge in [-0.25, -0.2) is 0 Å². The van der Waals surface area contributed by atoms with Gasteiger partial charge < -0.3 is 19.4 Å². The average molecular weight is 480 g/mol. The van der Waals surface area contributed by atoms with Gasteiger partial charge in [0.25, 0.3) is 5.91 Å². The largest absolute Gasteiger partial charge is 0.372 e. The summed E-state index contributed by atoms with van der Waals surface area (Å²) in [5.41, 5.74) is 5.26. The molecule has 3 aliphatic rings. The van der Waals surface area contributed by atoms with E-state index >= 15 is 0 Å². The lowest BCUT2D eigenvalue weighted by Crippen LogP contribution is -2.50. The van der Waals surface area contributed by atoms with Gasteiger partial charge in [0.05, 0.1) is 12.2 Å². The monoisotopic (exact) mass is 479 g/mol. The highest BCUT2D eigenvalue weighted by molar-refractivity contribution is 5.94. The summed E-state index contributed by atoms with van der Waals surface area (Å²) in [4.78, 5) is 32.8. The van der Waals surface area contributed by atoms with Gasteiger partial charge in [-0.05, 0) is 51.2 Å². The standard InChI is InChI=1S/C27H37N5O3/c1-4-21-8-5-6-10-23(21)29-12-14-30(15-13-29)25(33)18-32-24-11-7-9-22(24)26(28-32)27(34)31-16-19(2)35-20(3)17-31/h5-6,8,10,19-20H,4,7,9,11-18H2,1-3H3/t19-,20+. The summed E-state index contributed by atoms with van der Waals surface area (Å²) in [6.45, 7) is 10.6. The molecule has 0 spiro atoms. The number of hydrogen-bond acceptors (Lipinski definition) is 5. The van der Waals surface area contributed by atoms with Crippen LogP contribution in [-0.2, 0) is 35.3 Å². The first-order valence-electron chi connectivity index (χ1n) is 13.1. The predicted molar refractivity (Wildman–Crippen MR) is 135 cm³/mol. The minimum Gasteiger partial charge on any atom is -0.372 e. The van der Waals surface area contributed by atoms with Crippen LogP contribution in [-0.4, -0.2) is 82.9 Å². The van der Waals surface area contributed by atoms with Crippen molar-refractivity contribution in [2.45, 2.75) is 65.2 Å². The molecule has 1 aliphatic carbocycles. The summed E-state index contributed by atoms with van der Waals surface area (Å²) in [5, 5.41) is 4.70. The van der Waals surface area contributed by atoms with E-state index in [4.69, 9.17) is 9.84 Å². The van der Waals surface area contributed by atoms with Crippen molar-refractivity contribution >= 4 is 17.5 Å². The third kappa shape index (κ3) is 4.81. The lowest BCUT2D eigenvalue weighted by Gasteiger charge is -2.37. The van der Waals surface area contributed by atoms with E-state index in [2.05, 4.69) is 36.1 Å². The quantitative estimate of drug-likeness (QED) is 0.659. The number of fused-ring (bicyclic) bond motifs is 1. The van der Waals surface area contributed by atoms with Crippen molar-refractivity contribution in [1.29, 1.82) is 0 Å². The summed E-state index contributed by atoms with van der Waals surface area (Å²) < 4.78 is 7.61. The normalized spacial score (nSPS) is 22.4. The summed E-state index contributed by atoms with van der Waals surface area (Å²) in [6.07, 6.45) is 3.77. The molecule has 2 aromatic rings. The van der Waals surface area contributed by atoms with Crippen LogP contribution >= 0.6 is 0 Å². The Balaban J connectivity index is 1.25. The Hall–Kier alpha value is -2.87. The second-order valence-corrected chi connectivity index (χ2v) is 10.1. The molecule has 0 unspecified atom stereocenters. The third-order valence-electron chi connectivity index (χ3n) is 7.55. The smallest absolute Gasteiger partial charge is 0.274 e. The maximum Gasteiger partial charge on any atom is 0.274 e. The Morgan fingerprint density at radius 2 is 1.71 bits per heavy atom. The number of morpholine rings is 1. The Morgan fingerprint density at radius 3 is 2.43 bits per heavy atom. The Morgan fingerprint density at radius 1 is 1.00 bits per heavy atom. The number of piperazine rings is 1. The van der Waals surface area contributed by atoms with Crippen molar-refractivity contribution in [1.82, 2.24) is 19.6 Å². The number of nitrogens with zero attached hydrogens (tertiary/aromatic N) is 5. The zero-order valence-electron chi connectivity index (χ0n) is 21.2. The molecule has 1 aromatic heterocycles. The fourth-order valence-corrected chi connectivity index (χ4v) is 5.85. The van der Waals surface area contributed by atoms with Crippen molar-refractivity contribution in [2.75, 3.05) is 44.2 Å². The molecule has 35 heavy (non-hydrogen) atoms. The first-order valence-corrected chi connectivity index (χ1v) is 13.1. The van der Waals surface area contributed by atoms with E-state index in [0.717, 1.165) is 50.0 Å². The van der Waals surface area contributed by atoms with Gasteiger partial charge in [-0.1, -0.05) is 25.1 Å². The molecule has 8 heteroatoms. The highest BCUT2D eigenvalue weighted by atomic mass is 16.5. The number of benzene rings is 1. The van der Waals surface area contributed by atoms with Crippen LogP contribution in [0, 0.1) is 0 Å². The zero-order valence-corrected chi connectivity index (χ0v) is 21.2. The number of aromatic nitrogens is 2. The van der Waals surface area contributed by atoms with Crippen LogP contribution in [0.2, 0.25) is 0 Å². The number of amides is 2. The minimum absolute atomic E-state index is 0.0161. The second kappa shape index (κ2) is 10.0. The number of carbonyl (C=O) groups excluding carboxylic acids is 2. The number of aryl methyl sites for hydroxylation is 1. The minimum atomic E-state index is -0.0282. The molecule has 3 heterocycles. The topological polar surface area (TPSA) is 70.9 Å². The van der Waals surface area contributed by atoms with Crippen LogP contribution in [0.25, 0.3) is 0 Å². The van der Waals surface area contributed by atoms with E-state index in [-0.39, 0.29) is 30.6 Å². The fourth-order valence-electron chi connectivity index (χ4n) is 5.85. The van der Waals surface area contributed by atoms with Crippen molar-refractivity contribution in [3.05, 3.63) is 46.8 Å². The van der Waals surface area contributed by atoms with Crippen molar-refractivity contribution in [2.24, 2.45) is 0 Å². The molecule has 0 saturated carbocycles. The van der Waals surface area contributed by atoms with Crippen LogP contribution < -0.4 is 4.90 Å². The first-order chi connectivity index (χ1) is 16.9. The van der Waals surface area contributed by atoms with Crippen LogP contribution in [0.1, 0.15) is 54.5 Å². The fraction of sp³-hybridized carbons (Fsp3) is 0.593. The lowest BCUT2D eigenvalue weighted by molar-refractivity contribution is -0.132. The molecular formula is C27H37N5O3. The average Bonchev–Trinajstić information content (AvgIpc) is 3.47. The molecule has 8 nitrogen and oxygen atoms in total. The molecular weight excluding hydrogens is 442 g/mol. The third-order valence-corrected chi connectivity index (χ3v) is 7.55. The number of ether oxygens (including phenoxy) is 1. The molecule has 2 atom stereocenters. The van der Waals surface area contributed by atoms with Crippen LogP contribution in [0.5, 0.6) is 0 Å². The summed E-state index contributed by atoms with van der Waals surface area (Å²) in [5.74, 6) is 0.0535. The first kappa shape index (κ1) is 23.9. The highest BCUT2D eigenvalue weighted by Gasteiger charge is 2.33. The van der Waals surface area contributed by atoms with E-state index in [1.165, 1.54) is 11.3 Å². The van der Waals surface area contributed by atoms with Gasteiger partial charge in [-0.15, -0.1) is 0 Å². The van der Waals surface area contributed by atoms with E-state index < -0.39 is 0 Å². The molecule has 2 saturated heterocycles. The van der Waals surface area contributed by atoms with Crippen molar-refractivity contribution < 1.29 is 14.3 Å². The Labute approximate surface area is 207 Å². The van der Waals surface area contributed by atoms with Crippen LogP contribution in [0.4, 0.5) is 5.69 Å². The second-order valence-electron chi connectivity index (χ2n) is 10.1. The van der Waals surface area contributed by atoms with Gasteiger partial charge in [0.2, 0.25) is 5.91 Å². The van der Waals surface area contributed by atoms with Crippen LogP contribution in [0.15, 0.2) is 24.3 Å². The molecule has 2 fully saturated rings. The lowest BCUT2D eigenvalue weighted by atomic mass is 10.1. The van der Waals surface area contributed by atoms with E-state index in [1.807, 2.05) is 28.3 Å². The van der Waals surface area contributed by atoms with Gasteiger partial charge in [0, 0.05) is 56.2 Å². The highest BCUT2D eigenvalue weighted by Crippen LogP contribution is 2.28. The number of para-hydroxylation sites is 1. The number of rotatable bonds is 5. The van der Waals surface area contributed by atoms with E-state index in [9.17, 15) is 9.59 Å². The van der Waals surface area contributed by atoms with Gasteiger partial charge >= 0.3 is 0 Å². The Kier molecular flexibility index (Phi) is 6.82.